The lowest BCUT2D eigenvalue weighted by molar-refractivity contribution is 0.0336. The fourth-order valence-electron chi connectivity index (χ4n) is 2.28. The van der Waals surface area contributed by atoms with Gasteiger partial charge in [0.1, 0.15) is 5.58 Å². The molecule has 0 bridgehead atoms. The minimum absolute atomic E-state index is 0.0893. The molecule has 18 heavy (non-hydrogen) atoms. The largest absolute Gasteiger partial charge is 0.451 e. The molecule has 1 aromatic carbocycles. The van der Waals surface area contributed by atoms with Gasteiger partial charge in [-0.1, -0.05) is 11.6 Å². The van der Waals surface area contributed by atoms with Crippen molar-refractivity contribution in [1.82, 2.24) is 4.90 Å². The highest BCUT2D eigenvalue weighted by atomic mass is 16.3. The van der Waals surface area contributed by atoms with Crippen molar-refractivity contribution in [3.8, 4) is 0 Å². The Morgan fingerprint density at radius 2 is 2.22 bits per heavy atom. The predicted molar refractivity (Wildman–Crippen MR) is 67.4 cm³/mol. The molecule has 2 heterocycles. The molecule has 0 atom stereocenters. The summed E-state index contributed by atoms with van der Waals surface area (Å²) >= 11 is 0. The van der Waals surface area contributed by atoms with Gasteiger partial charge in [-0.25, -0.2) is 0 Å². The number of aryl methyl sites for hydroxylation is 1. The predicted octanol–water partition coefficient (Wildman–Crippen LogP) is 1.81. The third kappa shape index (κ3) is 1.78. The van der Waals surface area contributed by atoms with Gasteiger partial charge in [0.15, 0.2) is 5.76 Å². The van der Waals surface area contributed by atoms with E-state index in [4.69, 9.17) is 9.52 Å². The van der Waals surface area contributed by atoms with E-state index >= 15 is 0 Å². The number of amides is 1. The molecule has 4 nitrogen and oxygen atoms in total. The van der Waals surface area contributed by atoms with Gasteiger partial charge in [-0.2, -0.15) is 0 Å². The van der Waals surface area contributed by atoms with Crippen molar-refractivity contribution < 1.29 is 14.3 Å². The highest BCUT2D eigenvalue weighted by Crippen LogP contribution is 2.24. The molecule has 1 saturated heterocycles. The van der Waals surface area contributed by atoms with E-state index in [9.17, 15) is 4.79 Å². The van der Waals surface area contributed by atoms with Crippen LogP contribution in [0.15, 0.2) is 28.7 Å². The van der Waals surface area contributed by atoms with Crippen molar-refractivity contribution in [2.45, 2.75) is 6.92 Å². The highest BCUT2D eigenvalue weighted by Gasteiger charge is 2.32. The molecule has 0 aliphatic carbocycles. The molecule has 1 amide bonds. The molecule has 94 valence electrons. The topological polar surface area (TPSA) is 53.7 Å². The third-order valence-electron chi connectivity index (χ3n) is 3.39. The first kappa shape index (κ1) is 11.3. The number of aliphatic hydroxyl groups excluding tert-OH is 1. The molecule has 3 rings (SSSR count). The zero-order chi connectivity index (χ0) is 12.7. The summed E-state index contributed by atoms with van der Waals surface area (Å²) in [6.07, 6.45) is 0. The molecule has 1 fully saturated rings. The van der Waals surface area contributed by atoms with Crippen LogP contribution in [0.2, 0.25) is 0 Å². The number of likely N-dealkylation sites (tertiary alicyclic amines) is 1. The van der Waals surface area contributed by atoms with Crippen LogP contribution in [0.4, 0.5) is 0 Å². The molecule has 2 aromatic rings. The minimum Gasteiger partial charge on any atom is -0.451 e. The van der Waals surface area contributed by atoms with Gasteiger partial charge < -0.3 is 14.4 Å². The summed E-state index contributed by atoms with van der Waals surface area (Å²) in [7, 11) is 0. The molecular formula is C14H15NO3. The maximum Gasteiger partial charge on any atom is 0.289 e. The van der Waals surface area contributed by atoms with E-state index in [2.05, 4.69) is 0 Å². The molecule has 4 heteroatoms. The standard InChI is InChI=1S/C14H15NO3/c1-9-2-3-12-11(4-9)5-13(18-12)14(17)15-6-10(7-15)8-16/h2-5,10,16H,6-8H2,1H3. The van der Waals surface area contributed by atoms with E-state index in [1.165, 1.54) is 0 Å². The summed E-state index contributed by atoms with van der Waals surface area (Å²) in [5.41, 5.74) is 1.88. The van der Waals surface area contributed by atoms with Crippen molar-refractivity contribution in [3.05, 3.63) is 35.6 Å². The van der Waals surface area contributed by atoms with E-state index in [0.717, 1.165) is 16.5 Å². The molecule has 1 N–H and O–H groups in total. The van der Waals surface area contributed by atoms with Gasteiger partial charge in [-0.05, 0) is 25.1 Å². The number of benzene rings is 1. The van der Waals surface area contributed by atoms with Crippen LogP contribution in [0, 0.1) is 12.8 Å². The third-order valence-corrected chi connectivity index (χ3v) is 3.39. The monoisotopic (exact) mass is 245 g/mol. The van der Waals surface area contributed by atoms with Gasteiger partial charge in [-0.3, -0.25) is 4.79 Å². The normalized spacial score (nSPS) is 16.0. The molecular weight excluding hydrogens is 230 g/mol. The first-order valence-corrected chi connectivity index (χ1v) is 6.07. The van der Waals surface area contributed by atoms with Crippen LogP contribution in [0.5, 0.6) is 0 Å². The van der Waals surface area contributed by atoms with Crippen molar-refractivity contribution >= 4 is 16.9 Å². The second kappa shape index (κ2) is 4.14. The van der Waals surface area contributed by atoms with Crippen LogP contribution in [0.3, 0.4) is 0 Å². The molecule has 0 spiro atoms. The number of carbonyl (C=O) groups is 1. The second-order valence-electron chi connectivity index (χ2n) is 4.91. The summed E-state index contributed by atoms with van der Waals surface area (Å²) in [5, 5.41) is 9.90. The maximum absolute atomic E-state index is 12.1. The quantitative estimate of drug-likeness (QED) is 0.877. The van der Waals surface area contributed by atoms with Gasteiger partial charge in [-0.15, -0.1) is 0 Å². The lowest BCUT2D eigenvalue weighted by atomic mass is 10.0. The first-order chi connectivity index (χ1) is 8.67. The Kier molecular flexibility index (Phi) is 2.59. The van der Waals surface area contributed by atoms with Gasteiger partial charge in [0.05, 0.1) is 0 Å². The first-order valence-electron chi connectivity index (χ1n) is 6.07. The van der Waals surface area contributed by atoms with E-state index in [-0.39, 0.29) is 18.4 Å². The van der Waals surface area contributed by atoms with E-state index in [1.54, 1.807) is 11.0 Å². The van der Waals surface area contributed by atoms with Gasteiger partial charge in [0.2, 0.25) is 0 Å². The lowest BCUT2D eigenvalue weighted by Gasteiger charge is -2.37. The Morgan fingerprint density at radius 3 is 2.94 bits per heavy atom. The number of hydrogen-bond donors (Lipinski definition) is 1. The number of rotatable bonds is 2. The zero-order valence-corrected chi connectivity index (χ0v) is 10.2. The molecule has 1 aromatic heterocycles. The van der Waals surface area contributed by atoms with E-state index in [1.807, 2.05) is 25.1 Å². The van der Waals surface area contributed by atoms with Crippen LogP contribution in [0.25, 0.3) is 11.0 Å². The van der Waals surface area contributed by atoms with Crippen molar-refractivity contribution in [2.24, 2.45) is 5.92 Å². The fourth-order valence-corrected chi connectivity index (χ4v) is 2.28. The van der Waals surface area contributed by atoms with Crippen LogP contribution in [-0.4, -0.2) is 35.6 Å². The average Bonchev–Trinajstić information content (AvgIpc) is 2.70. The molecule has 1 aliphatic rings. The fraction of sp³-hybridized carbons (Fsp3) is 0.357. The van der Waals surface area contributed by atoms with E-state index < -0.39 is 0 Å². The Bertz CT molecular complexity index is 596. The summed E-state index contributed by atoms with van der Waals surface area (Å²) in [6.45, 7) is 3.38. The molecule has 0 radical (unpaired) electrons. The number of carbonyl (C=O) groups excluding carboxylic acids is 1. The molecule has 0 unspecified atom stereocenters. The van der Waals surface area contributed by atoms with Crippen molar-refractivity contribution in [3.63, 3.8) is 0 Å². The Morgan fingerprint density at radius 1 is 1.44 bits per heavy atom. The Balaban J connectivity index is 1.84. The number of fused-ring (bicyclic) bond motifs is 1. The smallest absolute Gasteiger partial charge is 0.289 e. The molecule has 0 saturated carbocycles. The van der Waals surface area contributed by atoms with Crippen molar-refractivity contribution in [1.29, 1.82) is 0 Å². The second-order valence-corrected chi connectivity index (χ2v) is 4.91. The SMILES string of the molecule is Cc1ccc2oc(C(=O)N3CC(CO)C3)cc2c1. The summed E-state index contributed by atoms with van der Waals surface area (Å²) in [5.74, 6) is 0.515. The molecule has 1 aliphatic heterocycles. The zero-order valence-electron chi connectivity index (χ0n) is 10.2. The number of nitrogens with zero attached hydrogens (tertiary/aromatic N) is 1. The van der Waals surface area contributed by atoms with Crippen LogP contribution < -0.4 is 0 Å². The van der Waals surface area contributed by atoms with E-state index in [0.29, 0.717) is 18.8 Å². The number of furan rings is 1. The summed E-state index contributed by atoms with van der Waals surface area (Å²) < 4.78 is 5.56. The number of aliphatic hydroxyl groups is 1. The van der Waals surface area contributed by atoms with Crippen molar-refractivity contribution in [2.75, 3.05) is 19.7 Å². The summed E-state index contributed by atoms with van der Waals surface area (Å²) in [6, 6.07) is 7.64. The summed E-state index contributed by atoms with van der Waals surface area (Å²) in [4.78, 5) is 13.8. The highest BCUT2D eigenvalue weighted by molar-refractivity contribution is 5.96. The maximum atomic E-state index is 12.1. The Labute approximate surface area is 105 Å². The average molecular weight is 245 g/mol. The number of hydrogen-bond acceptors (Lipinski definition) is 3. The van der Waals surface area contributed by atoms with Gasteiger partial charge in [0, 0.05) is 31.0 Å². The van der Waals surface area contributed by atoms with Gasteiger partial charge >= 0.3 is 0 Å². The minimum atomic E-state index is -0.0893. The van der Waals surface area contributed by atoms with Crippen LogP contribution in [0.1, 0.15) is 16.1 Å². The van der Waals surface area contributed by atoms with Crippen LogP contribution >= 0.6 is 0 Å². The Hall–Kier alpha value is -1.81. The van der Waals surface area contributed by atoms with Gasteiger partial charge in [0.25, 0.3) is 5.91 Å². The lowest BCUT2D eigenvalue weighted by Crippen LogP contribution is -2.51. The van der Waals surface area contributed by atoms with Crippen LogP contribution in [-0.2, 0) is 0 Å².